The molecule has 1 aliphatic carbocycles. The zero-order valence-corrected chi connectivity index (χ0v) is 13.8. The Morgan fingerprint density at radius 2 is 1.91 bits per heavy atom. The van der Waals surface area contributed by atoms with Crippen LogP contribution >= 0.6 is 23.2 Å². The van der Waals surface area contributed by atoms with Gasteiger partial charge in [0.1, 0.15) is 0 Å². The third-order valence-electron chi connectivity index (χ3n) is 5.13. The molecule has 1 spiro atoms. The molecule has 1 atom stereocenters. The summed E-state index contributed by atoms with van der Waals surface area (Å²) in [5, 5.41) is 0.607. The number of alkyl halides is 3. The summed E-state index contributed by atoms with van der Waals surface area (Å²) in [7, 11) is 0. The minimum Gasteiger partial charge on any atom is -0.338 e. The Balaban J connectivity index is 1.80. The van der Waals surface area contributed by atoms with E-state index in [1.807, 2.05) is 0 Å². The molecule has 3 rings (SSSR count). The second-order valence-corrected chi connectivity index (χ2v) is 7.27. The Morgan fingerprint density at radius 3 is 2.43 bits per heavy atom. The first-order chi connectivity index (χ1) is 10.7. The van der Waals surface area contributed by atoms with Crippen LogP contribution in [0.4, 0.5) is 13.2 Å². The average molecular weight is 366 g/mol. The SMILES string of the molecule is O=C(c1ccc(Cl)c(Cl)c1)N1CC[C@H](C(F)(F)F)C2(CCC2)C1. The topological polar surface area (TPSA) is 20.3 Å². The van der Waals surface area contributed by atoms with Gasteiger partial charge in [-0.3, -0.25) is 4.79 Å². The molecule has 0 unspecified atom stereocenters. The van der Waals surface area contributed by atoms with Crippen LogP contribution in [-0.4, -0.2) is 30.1 Å². The molecule has 2 nitrogen and oxygen atoms in total. The standard InChI is InChI=1S/C16H16Cl2F3NO/c17-11-3-2-10(8-12(11)18)14(23)22-7-4-13(16(19,20)21)15(9-22)5-1-6-15/h2-3,8,13H,1,4-7,9H2/t13-/m0/s1. The van der Waals surface area contributed by atoms with Crippen molar-refractivity contribution in [2.75, 3.05) is 13.1 Å². The maximum absolute atomic E-state index is 13.3. The van der Waals surface area contributed by atoms with Gasteiger partial charge in [0.15, 0.2) is 0 Å². The van der Waals surface area contributed by atoms with E-state index in [9.17, 15) is 18.0 Å². The number of hydrogen-bond donors (Lipinski definition) is 0. The summed E-state index contributed by atoms with van der Waals surface area (Å²) in [6, 6.07) is 4.55. The fourth-order valence-corrected chi connectivity index (χ4v) is 4.09. The van der Waals surface area contributed by atoms with E-state index in [0.717, 1.165) is 6.42 Å². The minimum absolute atomic E-state index is 0.0312. The molecule has 1 aliphatic heterocycles. The van der Waals surface area contributed by atoms with Gasteiger partial charge in [-0.1, -0.05) is 29.6 Å². The van der Waals surface area contributed by atoms with Crippen LogP contribution in [0.5, 0.6) is 0 Å². The molecule has 2 fully saturated rings. The quantitative estimate of drug-likeness (QED) is 0.670. The molecule has 23 heavy (non-hydrogen) atoms. The third kappa shape index (κ3) is 3.05. The van der Waals surface area contributed by atoms with Crippen LogP contribution in [0, 0.1) is 11.3 Å². The van der Waals surface area contributed by atoms with Crippen molar-refractivity contribution in [3.05, 3.63) is 33.8 Å². The van der Waals surface area contributed by atoms with Gasteiger partial charge in [0.2, 0.25) is 0 Å². The molecule has 2 aliphatic rings. The van der Waals surface area contributed by atoms with E-state index in [2.05, 4.69) is 0 Å². The monoisotopic (exact) mass is 365 g/mol. The van der Waals surface area contributed by atoms with Crippen LogP contribution in [-0.2, 0) is 0 Å². The summed E-state index contributed by atoms with van der Waals surface area (Å²) in [5.41, 5.74) is -0.443. The van der Waals surface area contributed by atoms with Gasteiger partial charge in [-0.25, -0.2) is 0 Å². The molecule has 0 N–H and O–H groups in total. The van der Waals surface area contributed by atoms with Gasteiger partial charge in [0.05, 0.1) is 16.0 Å². The molecule has 1 saturated heterocycles. The van der Waals surface area contributed by atoms with E-state index in [0.29, 0.717) is 23.4 Å². The van der Waals surface area contributed by atoms with E-state index in [1.54, 1.807) is 6.07 Å². The fourth-order valence-electron chi connectivity index (χ4n) is 3.79. The van der Waals surface area contributed by atoms with E-state index in [4.69, 9.17) is 23.2 Å². The van der Waals surface area contributed by atoms with Gasteiger partial charge in [0.25, 0.3) is 5.91 Å². The van der Waals surface area contributed by atoms with Crippen LogP contribution < -0.4 is 0 Å². The first-order valence-corrected chi connectivity index (χ1v) is 8.30. The number of rotatable bonds is 1. The van der Waals surface area contributed by atoms with E-state index in [1.165, 1.54) is 17.0 Å². The molecular formula is C16H16Cl2F3NO. The van der Waals surface area contributed by atoms with Gasteiger partial charge < -0.3 is 4.90 Å². The highest BCUT2D eigenvalue weighted by molar-refractivity contribution is 6.42. The molecular weight excluding hydrogens is 350 g/mol. The molecule has 1 heterocycles. The lowest BCUT2D eigenvalue weighted by Crippen LogP contribution is -2.57. The van der Waals surface area contributed by atoms with Crippen molar-refractivity contribution in [1.29, 1.82) is 0 Å². The number of carbonyl (C=O) groups is 1. The number of carbonyl (C=O) groups excluding carboxylic acids is 1. The number of nitrogens with zero attached hydrogens (tertiary/aromatic N) is 1. The van der Waals surface area contributed by atoms with Crippen molar-refractivity contribution in [2.45, 2.75) is 31.9 Å². The average Bonchev–Trinajstić information content (AvgIpc) is 2.46. The summed E-state index contributed by atoms with van der Waals surface area (Å²) in [6.45, 7) is 0.279. The normalized spacial score (nSPS) is 23.7. The van der Waals surface area contributed by atoms with Gasteiger partial charge in [-0.05, 0) is 42.9 Å². The predicted molar refractivity (Wildman–Crippen MR) is 82.8 cm³/mol. The predicted octanol–water partition coefficient (Wildman–Crippen LogP) is 5.19. The number of halogens is 5. The molecule has 7 heteroatoms. The molecule has 0 bridgehead atoms. The smallest absolute Gasteiger partial charge is 0.338 e. The third-order valence-corrected chi connectivity index (χ3v) is 5.87. The lowest BCUT2D eigenvalue weighted by Gasteiger charge is -2.54. The molecule has 1 aromatic rings. The number of hydrogen-bond acceptors (Lipinski definition) is 1. The van der Waals surface area contributed by atoms with Crippen molar-refractivity contribution in [1.82, 2.24) is 4.90 Å². The van der Waals surface area contributed by atoms with Crippen LogP contribution in [0.15, 0.2) is 18.2 Å². The Labute approximate surface area is 142 Å². The molecule has 126 valence electrons. The molecule has 1 aromatic carbocycles. The molecule has 0 aromatic heterocycles. The number of likely N-dealkylation sites (tertiary alicyclic amines) is 1. The Hall–Kier alpha value is -0.940. The fraction of sp³-hybridized carbons (Fsp3) is 0.562. The van der Waals surface area contributed by atoms with Crippen molar-refractivity contribution < 1.29 is 18.0 Å². The van der Waals surface area contributed by atoms with Crippen molar-refractivity contribution in [3.63, 3.8) is 0 Å². The van der Waals surface area contributed by atoms with Gasteiger partial charge in [-0.2, -0.15) is 13.2 Å². The summed E-state index contributed by atoms with van der Waals surface area (Å²) in [6.07, 6.45) is -2.37. The van der Waals surface area contributed by atoms with E-state index < -0.39 is 17.5 Å². The number of benzene rings is 1. The van der Waals surface area contributed by atoms with Gasteiger partial charge in [-0.15, -0.1) is 0 Å². The maximum atomic E-state index is 13.3. The number of piperidine rings is 1. The summed E-state index contributed by atoms with van der Waals surface area (Å²) >= 11 is 11.8. The molecule has 1 saturated carbocycles. The van der Waals surface area contributed by atoms with Crippen molar-refractivity contribution >= 4 is 29.1 Å². The van der Waals surface area contributed by atoms with Gasteiger partial charge in [0, 0.05) is 18.7 Å². The first-order valence-electron chi connectivity index (χ1n) is 7.54. The van der Waals surface area contributed by atoms with E-state index in [-0.39, 0.29) is 30.4 Å². The summed E-state index contributed by atoms with van der Waals surface area (Å²) in [4.78, 5) is 14.1. The highest BCUT2D eigenvalue weighted by Gasteiger charge is 2.58. The second kappa shape index (κ2) is 5.85. The van der Waals surface area contributed by atoms with Gasteiger partial charge >= 0.3 is 6.18 Å². The van der Waals surface area contributed by atoms with Crippen LogP contribution in [0.3, 0.4) is 0 Å². The minimum atomic E-state index is -4.20. The Morgan fingerprint density at radius 1 is 1.22 bits per heavy atom. The zero-order chi connectivity index (χ0) is 16.8. The lowest BCUT2D eigenvalue weighted by molar-refractivity contribution is -0.235. The zero-order valence-electron chi connectivity index (χ0n) is 12.3. The van der Waals surface area contributed by atoms with Crippen molar-refractivity contribution in [3.8, 4) is 0 Å². The Kier molecular flexibility index (Phi) is 4.30. The van der Waals surface area contributed by atoms with Crippen molar-refractivity contribution in [2.24, 2.45) is 11.3 Å². The van der Waals surface area contributed by atoms with Crippen LogP contribution in [0.1, 0.15) is 36.0 Å². The lowest BCUT2D eigenvalue weighted by atomic mass is 9.58. The summed E-state index contributed by atoms with van der Waals surface area (Å²) < 4.78 is 39.8. The van der Waals surface area contributed by atoms with Crippen LogP contribution in [0.25, 0.3) is 0 Å². The second-order valence-electron chi connectivity index (χ2n) is 6.45. The molecule has 0 radical (unpaired) electrons. The van der Waals surface area contributed by atoms with E-state index >= 15 is 0 Å². The maximum Gasteiger partial charge on any atom is 0.392 e. The highest BCUT2D eigenvalue weighted by Crippen LogP contribution is 2.56. The Bertz CT molecular complexity index is 628. The highest BCUT2D eigenvalue weighted by atomic mass is 35.5. The summed E-state index contributed by atoms with van der Waals surface area (Å²) in [5.74, 6) is -1.59. The first kappa shape index (κ1) is 16.9. The molecule has 1 amide bonds. The largest absolute Gasteiger partial charge is 0.392 e. The number of amides is 1. The van der Waals surface area contributed by atoms with Crippen LogP contribution in [0.2, 0.25) is 10.0 Å².